The van der Waals surface area contributed by atoms with Crippen LogP contribution in [0.2, 0.25) is 0 Å². The Bertz CT molecular complexity index is 541. The lowest BCUT2D eigenvalue weighted by molar-refractivity contribution is -0.474. The highest BCUT2D eigenvalue weighted by Gasteiger charge is 2.48. The number of rotatable bonds is 0. The van der Waals surface area contributed by atoms with E-state index in [1.807, 2.05) is 0 Å². The van der Waals surface area contributed by atoms with Crippen LogP contribution in [0.15, 0.2) is 36.4 Å². The van der Waals surface area contributed by atoms with Gasteiger partial charge in [-0.15, -0.1) is 0 Å². The highest BCUT2D eigenvalue weighted by molar-refractivity contribution is 6.02. The lowest BCUT2D eigenvalue weighted by Crippen LogP contribution is -3.48. The van der Waals surface area contributed by atoms with E-state index in [0.717, 1.165) is 0 Å². The van der Waals surface area contributed by atoms with E-state index >= 15 is 0 Å². The molecule has 60 valence electrons. The highest BCUT2D eigenvalue weighted by atomic mass is 127. The van der Waals surface area contributed by atoms with Gasteiger partial charge in [-0.1, -0.05) is 24.3 Å². The molecule has 2 aromatic carbocycles. The summed E-state index contributed by atoms with van der Waals surface area (Å²) in [4.78, 5) is 0. The molecule has 0 bridgehead atoms. The van der Waals surface area contributed by atoms with E-state index in [0.29, 0.717) is 21.2 Å². The first kappa shape index (κ1) is 6.60. The fraction of sp³-hybridized carbons (Fsp3) is 0. The topological polar surface area (TPSA) is 0 Å². The van der Waals surface area contributed by atoms with Crippen molar-refractivity contribution in [3.05, 3.63) is 43.5 Å². The van der Waals surface area contributed by atoms with Crippen LogP contribution in [0.1, 0.15) is 0 Å². The molecule has 2 aromatic rings. The summed E-state index contributed by atoms with van der Waals surface area (Å²) < 4.78 is 3.36. The van der Waals surface area contributed by atoms with Crippen LogP contribution >= 0.6 is 0 Å². The molecule has 2 aliphatic rings. The molecule has 0 nitrogen and oxygen atoms in total. The SMILES string of the molecule is c1ccc2c(c1)-c1ccc3c(c1-2)[I+]3. The van der Waals surface area contributed by atoms with Gasteiger partial charge in [0.1, 0.15) is 0 Å². The van der Waals surface area contributed by atoms with E-state index in [2.05, 4.69) is 36.4 Å². The average molecular weight is 277 g/mol. The summed E-state index contributed by atoms with van der Waals surface area (Å²) in [6.45, 7) is 0. The molecule has 0 fully saturated rings. The molecule has 0 spiro atoms. The van der Waals surface area contributed by atoms with E-state index in [1.165, 1.54) is 16.7 Å². The Labute approximate surface area is 86.9 Å². The minimum atomic E-state index is 0.317. The molecule has 0 radical (unpaired) electrons. The van der Waals surface area contributed by atoms with E-state index in [-0.39, 0.29) is 0 Å². The number of benzene rings is 2. The van der Waals surface area contributed by atoms with Gasteiger partial charge in [0.15, 0.2) is 0 Å². The van der Waals surface area contributed by atoms with Gasteiger partial charge in [0.25, 0.3) is 3.57 Å². The Morgan fingerprint density at radius 2 is 1.62 bits per heavy atom. The molecule has 0 unspecified atom stereocenters. The van der Waals surface area contributed by atoms with Crippen molar-refractivity contribution in [1.29, 1.82) is 0 Å². The van der Waals surface area contributed by atoms with Crippen LogP contribution in [0.25, 0.3) is 22.3 Å². The van der Waals surface area contributed by atoms with E-state index in [9.17, 15) is 0 Å². The van der Waals surface area contributed by atoms with Gasteiger partial charge in [-0.2, -0.15) is 0 Å². The summed E-state index contributed by atoms with van der Waals surface area (Å²) in [6, 6.07) is 13.4. The van der Waals surface area contributed by atoms with Crippen LogP contribution in [0.4, 0.5) is 0 Å². The molecule has 0 aromatic heterocycles. The van der Waals surface area contributed by atoms with E-state index in [4.69, 9.17) is 0 Å². The summed E-state index contributed by atoms with van der Waals surface area (Å²) in [6.07, 6.45) is 0. The van der Waals surface area contributed by atoms with Crippen molar-refractivity contribution >= 4 is 0 Å². The Hall–Kier alpha value is -0.830. The van der Waals surface area contributed by atoms with Gasteiger partial charge < -0.3 is 0 Å². The van der Waals surface area contributed by atoms with Gasteiger partial charge in [-0.25, -0.2) is 0 Å². The van der Waals surface area contributed by atoms with Crippen molar-refractivity contribution in [2.24, 2.45) is 0 Å². The van der Waals surface area contributed by atoms with Crippen LogP contribution < -0.4 is 21.2 Å². The second-order valence-corrected chi connectivity index (χ2v) is 6.20. The smallest absolute Gasteiger partial charge is 0.0616 e. The molecule has 0 saturated carbocycles. The number of hydrogen-bond acceptors (Lipinski definition) is 0. The summed E-state index contributed by atoms with van der Waals surface area (Å²) in [5.74, 6) is 0. The van der Waals surface area contributed by atoms with Crippen LogP contribution in [0.5, 0.6) is 0 Å². The van der Waals surface area contributed by atoms with Crippen molar-refractivity contribution in [3.63, 3.8) is 0 Å². The summed E-state index contributed by atoms with van der Waals surface area (Å²) in [5, 5.41) is 0. The predicted molar refractivity (Wildman–Crippen MR) is 48.3 cm³/mol. The molecule has 0 N–H and O–H groups in total. The Kier molecular flexibility index (Phi) is 1.00. The second kappa shape index (κ2) is 1.98. The molecule has 1 heteroatoms. The quantitative estimate of drug-likeness (QED) is 0.390. The largest absolute Gasteiger partial charge is 0.368 e. The number of halogens is 1. The van der Waals surface area contributed by atoms with E-state index in [1.54, 1.807) is 12.7 Å². The molecule has 0 amide bonds. The summed E-state index contributed by atoms with van der Waals surface area (Å²) in [5.41, 5.74) is 6.02. The molecule has 0 saturated heterocycles. The first-order valence-corrected chi connectivity index (χ1v) is 6.52. The molecular formula is C12H6I+. The van der Waals surface area contributed by atoms with Gasteiger partial charge in [0.05, 0.1) is 0 Å². The van der Waals surface area contributed by atoms with Crippen molar-refractivity contribution in [2.45, 2.75) is 0 Å². The van der Waals surface area contributed by atoms with Crippen molar-refractivity contribution in [1.82, 2.24) is 0 Å². The maximum absolute atomic E-state index is 2.32. The maximum atomic E-state index is 2.32. The zero-order valence-corrected chi connectivity index (χ0v) is 9.00. The zero-order valence-electron chi connectivity index (χ0n) is 6.84. The van der Waals surface area contributed by atoms with Gasteiger partial charge >= 0.3 is 21.2 Å². The summed E-state index contributed by atoms with van der Waals surface area (Å²) >= 11 is 0.317. The predicted octanol–water partition coefficient (Wildman–Crippen LogP) is -0.224. The Morgan fingerprint density at radius 3 is 2.54 bits per heavy atom. The van der Waals surface area contributed by atoms with E-state index < -0.39 is 0 Å². The Balaban J connectivity index is 2.13. The first-order chi connectivity index (χ1) is 6.45. The third kappa shape index (κ3) is 0.680. The number of hydrogen-bond donors (Lipinski definition) is 0. The third-order valence-electron chi connectivity index (χ3n) is 2.74. The molecule has 1 aliphatic heterocycles. The molecular weight excluding hydrogens is 271 g/mol. The van der Waals surface area contributed by atoms with Gasteiger partial charge in [-0.3, -0.25) is 0 Å². The average Bonchev–Trinajstić information content (AvgIpc) is 2.89. The normalized spacial score (nSPS) is 13.8. The fourth-order valence-corrected chi connectivity index (χ4v) is 4.17. The van der Waals surface area contributed by atoms with Crippen molar-refractivity contribution in [3.8, 4) is 22.3 Å². The van der Waals surface area contributed by atoms with Crippen LogP contribution in [0.3, 0.4) is 0 Å². The van der Waals surface area contributed by atoms with Crippen LogP contribution in [-0.4, -0.2) is 0 Å². The molecule has 4 rings (SSSR count). The zero-order chi connectivity index (χ0) is 8.41. The standard InChI is InChI=1S/C12H6I/c1-2-4-8-7(3-1)9-5-6-10-12(13-10)11(8)9/h1-6H/q+1. The number of fused-ring (bicyclic) bond motifs is 6. The van der Waals surface area contributed by atoms with Crippen LogP contribution in [-0.2, 0) is 0 Å². The minimum absolute atomic E-state index is 0.317. The van der Waals surface area contributed by atoms with Crippen molar-refractivity contribution < 1.29 is 21.2 Å². The van der Waals surface area contributed by atoms with Gasteiger partial charge in [-0.05, 0) is 28.8 Å². The molecule has 1 aliphatic carbocycles. The van der Waals surface area contributed by atoms with Crippen molar-refractivity contribution in [2.75, 3.05) is 0 Å². The third-order valence-corrected chi connectivity index (χ3v) is 5.34. The molecule has 0 atom stereocenters. The lowest BCUT2D eigenvalue weighted by Gasteiger charge is -2.20. The molecule has 13 heavy (non-hydrogen) atoms. The Morgan fingerprint density at radius 1 is 0.769 bits per heavy atom. The molecule has 1 heterocycles. The minimum Gasteiger partial charge on any atom is -0.0616 e. The fourth-order valence-electron chi connectivity index (χ4n) is 2.07. The van der Waals surface area contributed by atoms with Gasteiger partial charge in [0, 0.05) is 5.56 Å². The second-order valence-electron chi connectivity index (χ2n) is 3.42. The monoisotopic (exact) mass is 277 g/mol. The maximum Gasteiger partial charge on any atom is 0.368 e. The first-order valence-electron chi connectivity index (χ1n) is 4.37. The highest BCUT2D eigenvalue weighted by Crippen LogP contribution is 2.47. The van der Waals surface area contributed by atoms with Crippen LogP contribution in [0, 0.1) is 7.14 Å². The lowest BCUT2D eigenvalue weighted by atomic mass is 9.81. The van der Waals surface area contributed by atoms with Gasteiger partial charge in [0.2, 0.25) is 3.57 Å². The summed E-state index contributed by atoms with van der Waals surface area (Å²) in [7, 11) is 0.